The quantitative estimate of drug-likeness (QED) is 0.523. The molecule has 2 aromatic rings. The minimum Gasteiger partial charge on any atom is -0.480 e. The number of methoxy groups -OCH3 is 1. The molecule has 8 nitrogen and oxygen atoms in total. The SMILES string of the molecule is CC[C@H](C)[C@H](NC(=O)OCC1c2ccccc2-c2ccccc21)C(=O)N(CCOC)CC(=O)O. The minimum atomic E-state index is -1.13. The predicted octanol–water partition coefficient (Wildman–Crippen LogP) is 3.50. The van der Waals surface area contributed by atoms with Gasteiger partial charge in [0.15, 0.2) is 0 Å². The van der Waals surface area contributed by atoms with Crippen LogP contribution in [0, 0.1) is 5.92 Å². The molecule has 2 atom stereocenters. The smallest absolute Gasteiger partial charge is 0.407 e. The van der Waals surface area contributed by atoms with Gasteiger partial charge < -0.3 is 24.8 Å². The first-order valence-electron chi connectivity index (χ1n) is 11.5. The standard InChI is InChI=1S/C26H32N2O6/c1-4-17(2)24(25(31)28(13-14-33-3)15-23(29)30)27-26(32)34-16-22-20-11-7-5-9-18(20)19-10-6-8-12-21(19)22/h5-12,17,22,24H,4,13-16H2,1-3H3,(H,27,32)(H,29,30)/t17-,24-/m0/s1. The second-order valence-corrected chi connectivity index (χ2v) is 8.48. The molecule has 0 fully saturated rings. The van der Waals surface area contributed by atoms with Crippen molar-refractivity contribution in [2.45, 2.75) is 32.2 Å². The highest BCUT2D eigenvalue weighted by Gasteiger charge is 2.33. The second-order valence-electron chi connectivity index (χ2n) is 8.48. The van der Waals surface area contributed by atoms with Crippen molar-refractivity contribution in [1.82, 2.24) is 10.2 Å². The van der Waals surface area contributed by atoms with Gasteiger partial charge in [-0.05, 0) is 28.2 Å². The molecule has 3 rings (SSSR count). The van der Waals surface area contributed by atoms with Crippen LogP contribution in [0.1, 0.15) is 37.3 Å². The molecule has 182 valence electrons. The first-order valence-corrected chi connectivity index (χ1v) is 11.5. The van der Waals surface area contributed by atoms with Gasteiger partial charge in [0.2, 0.25) is 5.91 Å². The molecule has 0 aliphatic heterocycles. The van der Waals surface area contributed by atoms with E-state index in [1.807, 2.05) is 50.2 Å². The van der Waals surface area contributed by atoms with E-state index in [1.54, 1.807) is 0 Å². The fourth-order valence-corrected chi connectivity index (χ4v) is 4.28. The highest BCUT2D eigenvalue weighted by atomic mass is 16.5. The van der Waals surface area contributed by atoms with E-state index in [0.29, 0.717) is 6.42 Å². The summed E-state index contributed by atoms with van der Waals surface area (Å²) in [5.74, 6) is -1.91. The lowest BCUT2D eigenvalue weighted by atomic mass is 9.97. The fourth-order valence-electron chi connectivity index (χ4n) is 4.28. The van der Waals surface area contributed by atoms with Crippen LogP contribution >= 0.6 is 0 Å². The Kier molecular flexibility index (Phi) is 8.65. The number of carbonyl (C=O) groups is 3. The minimum absolute atomic E-state index is 0.0962. The topological polar surface area (TPSA) is 105 Å². The molecule has 0 radical (unpaired) electrons. The van der Waals surface area contributed by atoms with E-state index in [1.165, 1.54) is 12.0 Å². The average molecular weight is 469 g/mol. The largest absolute Gasteiger partial charge is 0.480 e. The lowest BCUT2D eigenvalue weighted by Crippen LogP contribution is -2.53. The van der Waals surface area contributed by atoms with E-state index in [-0.39, 0.29) is 31.6 Å². The lowest BCUT2D eigenvalue weighted by molar-refractivity contribution is -0.146. The normalized spacial score (nSPS) is 14.0. The molecule has 0 aromatic heterocycles. The van der Waals surface area contributed by atoms with Gasteiger partial charge in [0.25, 0.3) is 0 Å². The molecule has 0 spiro atoms. The average Bonchev–Trinajstić information content (AvgIpc) is 3.16. The molecule has 2 amide bonds. The molecule has 1 aliphatic carbocycles. The number of nitrogens with zero attached hydrogens (tertiary/aromatic N) is 1. The van der Waals surface area contributed by atoms with Crippen LogP contribution in [0.2, 0.25) is 0 Å². The van der Waals surface area contributed by atoms with Gasteiger partial charge in [0, 0.05) is 19.6 Å². The first-order chi connectivity index (χ1) is 16.4. The van der Waals surface area contributed by atoms with Gasteiger partial charge in [-0.3, -0.25) is 9.59 Å². The summed E-state index contributed by atoms with van der Waals surface area (Å²) in [5.41, 5.74) is 4.45. The van der Waals surface area contributed by atoms with Crippen molar-refractivity contribution >= 4 is 18.0 Å². The summed E-state index contributed by atoms with van der Waals surface area (Å²) < 4.78 is 10.6. The van der Waals surface area contributed by atoms with Crippen molar-refractivity contribution < 1.29 is 29.0 Å². The number of rotatable bonds is 11. The van der Waals surface area contributed by atoms with Crippen molar-refractivity contribution in [2.24, 2.45) is 5.92 Å². The number of hydrogen-bond donors (Lipinski definition) is 2. The zero-order valence-electron chi connectivity index (χ0n) is 19.8. The number of ether oxygens (including phenoxy) is 2. The summed E-state index contributed by atoms with van der Waals surface area (Å²) in [4.78, 5) is 38.4. The Hall–Kier alpha value is -3.39. The molecule has 0 saturated carbocycles. The zero-order chi connectivity index (χ0) is 24.7. The molecule has 0 unspecified atom stereocenters. The monoisotopic (exact) mass is 468 g/mol. The third-order valence-electron chi connectivity index (χ3n) is 6.30. The van der Waals surface area contributed by atoms with Crippen LogP contribution in [-0.4, -0.2) is 67.4 Å². The molecule has 1 aliphatic rings. The van der Waals surface area contributed by atoms with Gasteiger partial charge in [-0.15, -0.1) is 0 Å². The number of alkyl carbamates (subject to hydrolysis) is 1. The molecule has 0 heterocycles. The van der Waals surface area contributed by atoms with Gasteiger partial charge >= 0.3 is 12.1 Å². The number of aliphatic carboxylic acids is 1. The maximum atomic E-state index is 13.1. The number of fused-ring (bicyclic) bond motifs is 3. The third kappa shape index (κ3) is 5.75. The van der Waals surface area contributed by atoms with E-state index >= 15 is 0 Å². The van der Waals surface area contributed by atoms with Gasteiger partial charge in [0.05, 0.1) is 6.61 Å². The van der Waals surface area contributed by atoms with E-state index < -0.39 is 30.6 Å². The summed E-state index contributed by atoms with van der Waals surface area (Å²) in [6.07, 6.45) is -0.0897. The van der Waals surface area contributed by atoms with Crippen LogP contribution in [0.15, 0.2) is 48.5 Å². The first kappa shape index (κ1) is 25.2. The van der Waals surface area contributed by atoms with Crippen LogP contribution < -0.4 is 5.32 Å². The van der Waals surface area contributed by atoms with Crippen molar-refractivity contribution in [3.63, 3.8) is 0 Å². The highest BCUT2D eigenvalue weighted by Crippen LogP contribution is 2.44. The van der Waals surface area contributed by atoms with Crippen LogP contribution in [0.4, 0.5) is 4.79 Å². The van der Waals surface area contributed by atoms with Gasteiger partial charge in [-0.2, -0.15) is 0 Å². The van der Waals surface area contributed by atoms with Crippen LogP contribution in [0.25, 0.3) is 11.1 Å². The Morgan fingerprint density at radius 2 is 1.65 bits per heavy atom. The summed E-state index contributed by atoms with van der Waals surface area (Å²) in [7, 11) is 1.48. The molecular formula is C26H32N2O6. The Morgan fingerprint density at radius 3 is 2.18 bits per heavy atom. The summed E-state index contributed by atoms with van der Waals surface area (Å²) in [5, 5.41) is 11.9. The number of hydrogen-bond acceptors (Lipinski definition) is 5. The molecule has 2 aromatic carbocycles. The fraction of sp³-hybridized carbons (Fsp3) is 0.423. The number of carboxylic acid groups (broad SMARTS) is 1. The van der Waals surface area contributed by atoms with Crippen LogP contribution in [0.3, 0.4) is 0 Å². The zero-order valence-corrected chi connectivity index (χ0v) is 19.8. The second kappa shape index (κ2) is 11.7. The molecule has 2 N–H and O–H groups in total. The number of nitrogens with one attached hydrogen (secondary N) is 1. The van der Waals surface area contributed by atoms with Crippen LogP contribution in [0.5, 0.6) is 0 Å². The van der Waals surface area contributed by atoms with Crippen molar-refractivity contribution in [1.29, 1.82) is 0 Å². The maximum Gasteiger partial charge on any atom is 0.407 e. The van der Waals surface area contributed by atoms with Crippen molar-refractivity contribution in [2.75, 3.05) is 33.4 Å². The Morgan fingerprint density at radius 1 is 1.06 bits per heavy atom. The number of carbonyl (C=O) groups excluding carboxylic acids is 2. The van der Waals surface area contributed by atoms with E-state index in [9.17, 15) is 19.5 Å². The van der Waals surface area contributed by atoms with E-state index in [4.69, 9.17) is 9.47 Å². The molecular weight excluding hydrogens is 436 g/mol. The summed E-state index contributed by atoms with van der Waals surface area (Å²) in [6.45, 7) is 3.70. The molecule has 0 saturated heterocycles. The maximum absolute atomic E-state index is 13.1. The van der Waals surface area contributed by atoms with Gasteiger partial charge in [-0.25, -0.2) is 4.79 Å². The number of benzene rings is 2. The van der Waals surface area contributed by atoms with Gasteiger partial charge in [-0.1, -0.05) is 68.8 Å². The van der Waals surface area contributed by atoms with Gasteiger partial charge in [0.1, 0.15) is 19.2 Å². The molecule has 0 bridgehead atoms. The molecule has 8 heteroatoms. The Bertz CT molecular complexity index is 978. The number of amides is 2. The van der Waals surface area contributed by atoms with E-state index in [2.05, 4.69) is 17.4 Å². The number of carboxylic acids is 1. The van der Waals surface area contributed by atoms with E-state index in [0.717, 1.165) is 22.3 Å². The van der Waals surface area contributed by atoms with Crippen molar-refractivity contribution in [3.8, 4) is 11.1 Å². The van der Waals surface area contributed by atoms with Crippen molar-refractivity contribution in [3.05, 3.63) is 59.7 Å². The molecule has 34 heavy (non-hydrogen) atoms. The Balaban J connectivity index is 1.71. The predicted molar refractivity (Wildman–Crippen MR) is 128 cm³/mol. The summed E-state index contributed by atoms with van der Waals surface area (Å²) >= 11 is 0. The summed E-state index contributed by atoms with van der Waals surface area (Å²) in [6, 6.07) is 15.2. The Labute approximate surface area is 199 Å². The van der Waals surface area contributed by atoms with Crippen LogP contribution in [-0.2, 0) is 19.1 Å². The third-order valence-corrected chi connectivity index (χ3v) is 6.30. The lowest BCUT2D eigenvalue weighted by Gasteiger charge is -2.29. The highest BCUT2D eigenvalue weighted by molar-refractivity contribution is 5.88.